The lowest BCUT2D eigenvalue weighted by atomic mass is 10.2. The van der Waals surface area contributed by atoms with E-state index in [9.17, 15) is 0 Å². The van der Waals surface area contributed by atoms with Gasteiger partial charge in [-0.15, -0.1) is 12.4 Å². The number of nitrogens with zero attached hydrogens (tertiary/aromatic N) is 2. The van der Waals surface area contributed by atoms with Crippen LogP contribution in [0.4, 0.5) is 0 Å². The molecule has 0 spiro atoms. The Morgan fingerprint density at radius 2 is 1.92 bits per heavy atom. The van der Waals surface area contributed by atoms with Crippen LogP contribution < -0.4 is 5.73 Å². The smallest absolute Gasteiger partial charge is 0.207 e. The number of nitriles is 1. The minimum Gasteiger partial charge on any atom is -0.383 e. The molecule has 0 unspecified atom stereocenters. The van der Waals surface area contributed by atoms with Crippen LogP contribution in [0.3, 0.4) is 0 Å². The lowest BCUT2D eigenvalue weighted by molar-refractivity contribution is 1.41. The van der Waals surface area contributed by atoms with Crippen LogP contribution in [0.2, 0.25) is 0 Å². The third-order valence-electron chi connectivity index (χ3n) is 1.24. The minimum atomic E-state index is 0. The highest BCUT2D eigenvalue weighted by Gasteiger charge is 1.93. The first-order valence-electron chi connectivity index (χ1n) is 3.12. The molecule has 0 fully saturated rings. The van der Waals surface area contributed by atoms with Crippen LogP contribution in [-0.2, 0) is 0 Å². The van der Waals surface area contributed by atoms with Gasteiger partial charge in [0.05, 0.1) is 0 Å². The summed E-state index contributed by atoms with van der Waals surface area (Å²) in [5.74, 6) is 0.258. The Morgan fingerprint density at radius 1 is 1.33 bits per heavy atom. The quantitative estimate of drug-likeness (QED) is 0.403. The molecular weight excluding hydrogens is 174 g/mol. The summed E-state index contributed by atoms with van der Waals surface area (Å²) in [5.41, 5.74) is 6.21. The largest absolute Gasteiger partial charge is 0.383 e. The van der Waals surface area contributed by atoms with Crippen molar-refractivity contribution >= 4 is 18.2 Å². The van der Waals surface area contributed by atoms with E-state index < -0.39 is 0 Å². The second-order valence-corrected chi connectivity index (χ2v) is 1.96. The summed E-state index contributed by atoms with van der Waals surface area (Å²) >= 11 is 0. The summed E-state index contributed by atoms with van der Waals surface area (Å²) in [7, 11) is 0. The third kappa shape index (κ3) is 2.60. The van der Waals surface area contributed by atoms with Crippen LogP contribution in [-0.4, -0.2) is 5.84 Å². The normalized spacial score (nSPS) is 9.75. The van der Waals surface area contributed by atoms with Crippen LogP contribution >= 0.6 is 12.4 Å². The number of halogens is 1. The van der Waals surface area contributed by atoms with Crippen molar-refractivity contribution in [3.63, 3.8) is 0 Å². The lowest BCUT2D eigenvalue weighted by Gasteiger charge is -1.94. The van der Waals surface area contributed by atoms with Gasteiger partial charge in [0.25, 0.3) is 0 Å². The average molecular weight is 182 g/mol. The van der Waals surface area contributed by atoms with Crippen LogP contribution in [0.25, 0.3) is 0 Å². The molecule has 0 saturated heterocycles. The topological polar surface area (TPSA) is 62.2 Å². The number of rotatable bonds is 1. The average Bonchev–Trinajstić information content (AvgIpc) is 2.07. The Morgan fingerprint density at radius 3 is 2.42 bits per heavy atom. The molecule has 1 rings (SSSR count). The molecule has 0 aliphatic rings. The van der Waals surface area contributed by atoms with Crippen molar-refractivity contribution in [3.05, 3.63) is 35.9 Å². The zero-order chi connectivity index (χ0) is 8.10. The van der Waals surface area contributed by atoms with Gasteiger partial charge in [-0.1, -0.05) is 30.3 Å². The van der Waals surface area contributed by atoms with E-state index in [4.69, 9.17) is 11.0 Å². The predicted octanol–water partition coefficient (Wildman–Crippen LogP) is 1.29. The standard InChI is InChI=1S/C8H7N3.ClH/c9-6-11-8(10)7-4-2-1-3-5-7;/h1-5H,(H2,10,11);1H. The van der Waals surface area contributed by atoms with Gasteiger partial charge in [-0.2, -0.15) is 10.3 Å². The lowest BCUT2D eigenvalue weighted by Crippen LogP contribution is -2.12. The van der Waals surface area contributed by atoms with Crippen LogP contribution in [0.5, 0.6) is 0 Å². The molecular formula is C8H8ClN3. The van der Waals surface area contributed by atoms with E-state index in [-0.39, 0.29) is 18.2 Å². The van der Waals surface area contributed by atoms with Gasteiger partial charge >= 0.3 is 0 Å². The summed E-state index contributed by atoms with van der Waals surface area (Å²) in [5, 5.41) is 8.18. The maximum Gasteiger partial charge on any atom is 0.207 e. The summed E-state index contributed by atoms with van der Waals surface area (Å²) in [4.78, 5) is 3.39. The Hall–Kier alpha value is -1.53. The van der Waals surface area contributed by atoms with E-state index >= 15 is 0 Å². The van der Waals surface area contributed by atoms with E-state index in [2.05, 4.69) is 4.99 Å². The predicted molar refractivity (Wildman–Crippen MR) is 50.0 cm³/mol. The number of amidine groups is 1. The molecule has 0 saturated carbocycles. The molecule has 0 aliphatic carbocycles. The van der Waals surface area contributed by atoms with Gasteiger partial charge < -0.3 is 5.73 Å². The van der Waals surface area contributed by atoms with Crippen molar-refractivity contribution in [3.8, 4) is 6.19 Å². The Bertz CT molecular complexity index is 300. The number of hydrogen-bond acceptors (Lipinski definition) is 2. The molecule has 62 valence electrons. The zero-order valence-electron chi connectivity index (χ0n) is 6.27. The van der Waals surface area contributed by atoms with Crippen LogP contribution in [0, 0.1) is 11.5 Å². The number of hydrogen-bond donors (Lipinski definition) is 1. The first kappa shape index (κ1) is 10.5. The van der Waals surface area contributed by atoms with Crippen molar-refractivity contribution in [2.45, 2.75) is 0 Å². The Balaban J connectivity index is 0.00000121. The molecule has 0 radical (unpaired) electrons. The van der Waals surface area contributed by atoms with E-state index in [0.29, 0.717) is 0 Å². The van der Waals surface area contributed by atoms with Gasteiger partial charge in [0.1, 0.15) is 5.84 Å². The van der Waals surface area contributed by atoms with E-state index in [0.717, 1.165) is 5.56 Å². The third-order valence-corrected chi connectivity index (χ3v) is 1.24. The molecule has 0 aliphatic heterocycles. The highest BCUT2D eigenvalue weighted by Crippen LogP contribution is 1.96. The van der Waals surface area contributed by atoms with Gasteiger partial charge in [-0.05, 0) is 0 Å². The molecule has 0 aromatic heterocycles. The van der Waals surface area contributed by atoms with Crippen LogP contribution in [0.1, 0.15) is 5.56 Å². The van der Waals surface area contributed by atoms with Crippen molar-refractivity contribution < 1.29 is 0 Å². The highest BCUT2D eigenvalue weighted by molar-refractivity contribution is 5.97. The fraction of sp³-hybridized carbons (Fsp3) is 0. The first-order valence-corrected chi connectivity index (χ1v) is 3.12. The van der Waals surface area contributed by atoms with Gasteiger partial charge in [0.2, 0.25) is 6.19 Å². The molecule has 0 heterocycles. The molecule has 0 atom stereocenters. The van der Waals surface area contributed by atoms with Crippen molar-refractivity contribution in [2.24, 2.45) is 10.7 Å². The van der Waals surface area contributed by atoms with Crippen LogP contribution in [0.15, 0.2) is 35.3 Å². The summed E-state index contributed by atoms with van der Waals surface area (Å²) < 4.78 is 0. The maximum absolute atomic E-state index is 8.18. The Labute approximate surface area is 76.9 Å². The molecule has 12 heavy (non-hydrogen) atoms. The van der Waals surface area contributed by atoms with Gasteiger partial charge in [-0.25, -0.2) is 0 Å². The second kappa shape index (κ2) is 5.16. The summed E-state index contributed by atoms with van der Waals surface area (Å²) in [6.07, 6.45) is 1.63. The fourth-order valence-electron chi connectivity index (χ4n) is 0.727. The second-order valence-electron chi connectivity index (χ2n) is 1.96. The van der Waals surface area contributed by atoms with E-state index in [1.54, 1.807) is 18.3 Å². The first-order chi connectivity index (χ1) is 5.34. The number of nitrogens with two attached hydrogens (primary N) is 1. The highest BCUT2D eigenvalue weighted by atomic mass is 35.5. The monoisotopic (exact) mass is 181 g/mol. The molecule has 3 nitrogen and oxygen atoms in total. The van der Waals surface area contributed by atoms with E-state index in [1.165, 1.54) is 0 Å². The SMILES string of the molecule is Cl.N#CN=C(N)c1ccccc1. The minimum absolute atomic E-state index is 0. The number of benzene rings is 1. The van der Waals surface area contributed by atoms with Gasteiger partial charge in [0, 0.05) is 5.56 Å². The summed E-state index contributed by atoms with van der Waals surface area (Å²) in [6, 6.07) is 9.17. The van der Waals surface area contributed by atoms with Crippen molar-refractivity contribution in [1.29, 1.82) is 5.26 Å². The molecule has 2 N–H and O–H groups in total. The molecule has 4 heteroatoms. The van der Waals surface area contributed by atoms with Gasteiger partial charge in [-0.3, -0.25) is 0 Å². The van der Waals surface area contributed by atoms with Crippen molar-refractivity contribution in [1.82, 2.24) is 0 Å². The molecule has 0 bridgehead atoms. The molecule has 1 aromatic rings. The van der Waals surface area contributed by atoms with E-state index in [1.807, 2.05) is 18.2 Å². The zero-order valence-corrected chi connectivity index (χ0v) is 7.08. The van der Waals surface area contributed by atoms with Crippen molar-refractivity contribution in [2.75, 3.05) is 0 Å². The Kier molecular flexibility index (Phi) is 4.51. The number of aliphatic imine (C=N–C) groups is 1. The molecule has 0 amide bonds. The fourth-order valence-corrected chi connectivity index (χ4v) is 0.727. The molecule has 1 aromatic carbocycles. The summed E-state index contributed by atoms with van der Waals surface area (Å²) in [6.45, 7) is 0. The maximum atomic E-state index is 8.18. The van der Waals surface area contributed by atoms with Gasteiger partial charge in [0.15, 0.2) is 0 Å².